The van der Waals surface area contributed by atoms with E-state index in [2.05, 4.69) is 26.1 Å². The lowest BCUT2D eigenvalue weighted by Gasteiger charge is -2.34. The number of hydrogen-bond donors (Lipinski definition) is 1. The lowest BCUT2D eigenvalue weighted by molar-refractivity contribution is 0.0364. The summed E-state index contributed by atoms with van der Waals surface area (Å²) in [7, 11) is 1.84. The van der Waals surface area contributed by atoms with Crippen LogP contribution in [0.5, 0.6) is 0 Å². The molecular weight excluding hydrogens is 174 g/mol. The third-order valence-electron chi connectivity index (χ3n) is 3.48. The van der Waals surface area contributed by atoms with Crippen molar-refractivity contribution in [2.24, 2.45) is 5.92 Å². The van der Waals surface area contributed by atoms with Gasteiger partial charge in [0.1, 0.15) is 0 Å². The summed E-state index contributed by atoms with van der Waals surface area (Å²) in [6.45, 7) is 6.80. The minimum absolute atomic E-state index is 0.435. The molecular formula is C12H25NO. The van der Waals surface area contributed by atoms with E-state index in [1.165, 1.54) is 25.7 Å². The molecule has 2 nitrogen and oxygen atoms in total. The highest BCUT2D eigenvalue weighted by Gasteiger charge is 2.26. The first kappa shape index (κ1) is 12.0. The SMILES string of the molecule is COC1CCCCC1NC(C)C(C)C. The van der Waals surface area contributed by atoms with Crippen LogP contribution in [-0.4, -0.2) is 25.3 Å². The molecule has 0 spiro atoms. The molecule has 0 radical (unpaired) electrons. The first-order valence-electron chi connectivity index (χ1n) is 5.94. The summed E-state index contributed by atoms with van der Waals surface area (Å²) in [4.78, 5) is 0. The Bertz CT molecular complexity index is 158. The van der Waals surface area contributed by atoms with Crippen LogP contribution in [0.25, 0.3) is 0 Å². The molecule has 0 aliphatic heterocycles. The van der Waals surface area contributed by atoms with E-state index in [0.717, 1.165) is 0 Å². The van der Waals surface area contributed by atoms with Gasteiger partial charge < -0.3 is 10.1 Å². The van der Waals surface area contributed by atoms with Crippen molar-refractivity contribution in [3.8, 4) is 0 Å². The Morgan fingerprint density at radius 3 is 2.36 bits per heavy atom. The highest BCUT2D eigenvalue weighted by molar-refractivity contribution is 4.84. The molecule has 0 bridgehead atoms. The third kappa shape index (κ3) is 3.25. The van der Waals surface area contributed by atoms with Gasteiger partial charge in [-0.1, -0.05) is 26.7 Å². The lowest BCUT2D eigenvalue weighted by Crippen LogP contribution is -2.48. The molecule has 0 heterocycles. The zero-order valence-corrected chi connectivity index (χ0v) is 10.0. The third-order valence-corrected chi connectivity index (χ3v) is 3.48. The predicted octanol–water partition coefficient (Wildman–Crippen LogP) is 2.58. The number of nitrogens with one attached hydrogen (secondary N) is 1. The van der Waals surface area contributed by atoms with Gasteiger partial charge in [0, 0.05) is 19.2 Å². The molecule has 0 aromatic rings. The van der Waals surface area contributed by atoms with E-state index in [0.29, 0.717) is 24.1 Å². The van der Waals surface area contributed by atoms with Gasteiger partial charge in [-0.2, -0.15) is 0 Å². The van der Waals surface area contributed by atoms with Crippen molar-refractivity contribution in [3.63, 3.8) is 0 Å². The van der Waals surface area contributed by atoms with Gasteiger partial charge in [0.15, 0.2) is 0 Å². The molecule has 14 heavy (non-hydrogen) atoms. The molecule has 2 heteroatoms. The molecule has 1 rings (SSSR count). The quantitative estimate of drug-likeness (QED) is 0.751. The Morgan fingerprint density at radius 1 is 1.14 bits per heavy atom. The Labute approximate surface area is 88.4 Å². The second kappa shape index (κ2) is 5.72. The van der Waals surface area contributed by atoms with Crippen molar-refractivity contribution >= 4 is 0 Å². The maximum Gasteiger partial charge on any atom is 0.0724 e. The maximum absolute atomic E-state index is 5.52. The number of methoxy groups -OCH3 is 1. The highest BCUT2D eigenvalue weighted by atomic mass is 16.5. The molecule has 0 aromatic heterocycles. The van der Waals surface area contributed by atoms with E-state index in [9.17, 15) is 0 Å². The zero-order valence-electron chi connectivity index (χ0n) is 10.0. The van der Waals surface area contributed by atoms with E-state index in [1.807, 2.05) is 7.11 Å². The predicted molar refractivity (Wildman–Crippen MR) is 60.5 cm³/mol. The van der Waals surface area contributed by atoms with Gasteiger partial charge in [-0.25, -0.2) is 0 Å². The molecule has 0 amide bonds. The Balaban J connectivity index is 2.40. The summed E-state index contributed by atoms with van der Waals surface area (Å²) in [5.41, 5.74) is 0. The van der Waals surface area contributed by atoms with Crippen LogP contribution in [0.3, 0.4) is 0 Å². The number of hydrogen-bond acceptors (Lipinski definition) is 2. The van der Waals surface area contributed by atoms with Crippen molar-refractivity contribution < 1.29 is 4.74 Å². The van der Waals surface area contributed by atoms with Crippen LogP contribution in [0, 0.1) is 5.92 Å². The summed E-state index contributed by atoms with van der Waals surface area (Å²) >= 11 is 0. The van der Waals surface area contributed by atoms with E-state index in [-0.39, 0.29) is 0 Å². The van der Waals surface area contributed by atoms with E-state index in [4.69, 9.17) is 4.74 Å². The van der Waals surface area contributed by atoms with Crippen LogP contribution >= 0.6 is 0 Å². The summed E-state index contributed by atoms with van der Waals surface area (Å²) in [5.74, 6) is 0.703. The van der Waals surface area contributed by atoms with E-state index >= 15 is 0 Å². The maximum atomic E-state index is 5.52. The van der Waals surface area contributed by atoms with Gasteiger partial charge in [-0.3, -0.25) is 0 Å². The molecule has 1 N–H and O–H groups in total. The van der Waals surface area contributed by atoms with Crippen LogP contribution < -0.4 is 5.32 Å². The Kier molecular flexibility index (Phi) is 4.90. The highest BCUT2D eigenvalue weighted by Crippen LogP contribution is 2.21. The smallest absolute Gasteiger partial charge is 0.0724 e. The molecule has 1 saturated carbocycles. The fourth-order valence-corrected chi connectivity index (χ4v) is 2.10. The van der Waals surface area contributed by atoms with E-state index in [1.54, 1.807) is 0 Å². The number of ether oxygens (including phenoxy) is 1. The Hall–Kier alpha value is -0.0800. The molecule has 3 atom stereocenters. The lowest BCUT2D eigenvalue weighted by atomic mass is 9.91. The van der Waals surface area contributed by atoms with Crippen molar-refractivity contribution in [2.75, 3.05) is 7.11 Å². The van der Waals surface area contributed by atoms with Crippen LogP contribution in [0.15, 0.2) is 0 Å². The molecule has 0 saturated heterocycles. The average molecular weight is 199 g/mol. The van der Waals surface area contributed by atoms with Crippen LogP contribution in [0.2, 0.25) is 0 Å². The van der Waals surface area contributed by atoms with Gasteiger partial charge in [-0.15, -0.1) is 0 Å². The molecule has 0 aromatic carbocycles. The second-order valence-corrected chi connectivity index (χ2v) is 4.86. The minimum Gasteiger partial charge on any atom is -0.380 e. The van der Waals surface area contributed by atoms with Gasteiger partial charge in [0.2, 0.25) is 0 Å². The fraction of sp³-hybridized carbons (Fsp3) is 1.00. The zero-order chi connectivity index (χ0) is 10.6. The van der Waals surface area contributed by atoms with Crippen LogP contribution in [0.1, 0.15) is 46.5 Å². The first-order valence-corrected chi connectivity index (χ1v) is 5.94. The van der Waals surface area contributed by atoms with Gasteiger partial charge in [-0.05, 0) is 25.7 Å². The normalized spacial score (nSPS) is 30.6. The van der Waals surface area contributed by atoms with Crippen LogP contribution in [0.4, 0.5) is 0 Å². The minimum atomic E-state index is 0.435. The first-order chi connectivity index (χ1) is 6.65. The van der Waals surface area contributed by atoms with Gasteiger partial charge in [0.25, 0.3) is 0 Å². The molecule has 3 unspecified atom stereocenters. The topological polar surface area (TPSA) is 21.3 Å². The fourth-order valence-electron chi connectivity index (χ4n) is 2.10. The summed E-state index contributed by atoms with van der Waals surface area (Å²) in [6, 6.07) is 1.17. The molecule has 1 aliphatic rings. The van der Waals surface area contributed by atoms with Crippen molar-refractivity contribution in [3.05, 3.63) is 0 Å². The van der Waals surface area contributed by atoms with Crippen molar-refractivity contribution in [2.45, 2.75) is 64.6 Å². The standard InChI is InChI=1S/C12H25NO/c1-9(2)10(3)13-11-7-5-6-8-12(11)14-4/h9-13H,5-8H2,1-4H3. The van der Waals surface area contributed by atoms with Crippen molar-refractivity contribution in [1.82, 2.24) is 5.32 Å². The second-order valence-electron chi connectivity index (χ2n) is 4.86. The van der Waals surface area contributed by atoms with E-state index < -0.39 is 0 Å². The average Bonchev–Trinajstić information content (AvgIpc) is 2.18. The van der Waals surface area contributed by atoms with Gasteiger partial charge >= 0.3 is 0 Å². The van der Waals surface area contributed by atoms with Crippen molar-refractivity contribution in [1.29, 1.82) is 0 Å². The van der Waals surface area contributed by atoms with Crippen LogP contribution in [-0.2, 0) is 4.74 Å². The largest absolute Gasteiger partial charge is 0.380 e. The molecule has 1 fully saturated rings. The molecule has 1 aliphatic carbocycles. The number of rotatable bonds is 4. The van der Waals surface area contributed by atoms with Gasteiger partial charge in [0.05, 0.1) is 6.10 Å². The monoisotopic (exact) mass is 199 g/mol. The summed E-state index contributed by atoms with van der Waals surface area (Å²) in [5, 5.41) is 3.69. The Morgan fingerprint density at radius 2 is 1.79 bits per heavy atom. The summed E-state index contributed by atoms with van der Waals surface area (Å²) in [6.07, 6.45) is 5.61. The summed E-state index contributed by atoms with van der Waals surface area (Å²) < 4.78 is 5.52. The molecule has 84 valence electrons.